The minimum Gasteiger partial charge on any atom is -0.378 e. The molecule has 1 fully saturated rings. The summed E-state index contributed by atoms with van der Waals surface area (Å²) in [6, 6.07) is 2.65. The highest BCUT2D eigenvalue weighted by Crippen LogP contribution is 2.36. The number of hydrogen-bond acceptors (Lipinski definition) is 3. The van der Waals surface area contributed by atoms with Crippen molar-refractivity contribution in [2.24, 2.45) is 0 Å². The van der Waals surface area contributed by atoms with Gasteiger partial charge in [-0.25, -0.2) is 0 Å². The number of rotatable bonds is 2. The lowest BCUT2D eigenvalue weighted by atomic mass is 10.1. The summed E-state index contributed by atoms with van der Waals surface area (Å²) in [4.78, 5) is 11.8. The quantitative estimate of drug-likeness (QED) is 0.867. The van der Waals surface area contributed by atoms with Crippen molar-refractivity contribution in [3.8, 4) is 0 Å². The molecule has 21 heavy (non-hydrogen) atoms. The van der Waals surface area contributed by atoms with E-state index in [0.29, 0.717) is 13.2 Å². The molecule has 118 valence electrons. The van der Waals surface area contributed by atoms with E-state index in [1.807, 2.05) is 0 Å². The molecule has 0 aliphatic carbocycles. The van der Waals surface area contributed by atoms with Gasteiger partial charge in [0, 0.05) is 12.2 Å². The largest absolute Gasteiger partial charge is 0.417 e. The highest BCUT2D eigenvalue weighted by molar-refractivity contribution is 6.31. The van der Waals surface area contributed by atoms with Crippen LogP contribution in [0.15, 0.2) is 18.2 Å². The lowest BCUT2D eigenvalue weighted by molar-refractivity contribution is -0.137. The van der Waals surface area contributed by atoms with E-state index in [9.17, 15) is 18.0 Å². The molecule has 1 unspecified atom stereocenters. The number of morpholine rings is 1. The molecular formula is C12H13Cl2F3N2O2. The average molecular weight is 345 g/mol. The molecule has 4 nitrogen and oxygen atoms in total. The number of ether oxygens (including phenoxy) is 1. The van der Waals surface area contributed by atoms with Crippen molar-refractivity contribution in [2.45, 2.75) is 12.2 Å². The van der Waals surface area contributed by atoms with Crippen molar-refractivity contribution >= 4 is 35.6 Å². The molecule has 0 aromatic heterocycles. The molecule has 1 heterocycles. The van der Waals surface area contributed by atoms with Crippen molar-refractivity contribution in [3.63, 3.8) is 0 Å². The van der Waals surface area contributed by atoms with Crippen LogP contribution in [0.5, 0.6) is 0 Å². The molecule has 2 rings (SSSR count). The highest BCUT2D eigenvalue weighted by atomic mass is 35.5. The Hall–Kier alpha value is -1.02. The number of hydrogen-bond donors (Lipinski definition) is 2. The maximum atomic E-state index is 12.7. The number of anilines is 1. The predicted octanol–water partition coefficient (Wildman–Crippen LogP) is 2.71. The van der Waals surface area contributed by atoms with E-state index in [1.165, 1.54) is 6.07 Å². The summed E-state index contributed by atoms with van der Waals surface area (Å²) in [5, 5.41) is 4.91. The third-order valence-corrected chi connectivity index (χ3v) is 3.11. The summed E-state index contributed by atoms with van der Waals surface area (Å²) in [6.45, 7) is 1.21. The Morgan fingerprint density at radius 2 is 2.14 bits per heavy atom. The number of carbonyl (C=O) groups excluding carboxylic acids is 1. The summed E-state index contributed by atoms with van der Waals surface area (Å²) in [5.41, 5.74) is -0.941. The van der Waals surface area contributed by atoms with Crippen LogP contribution in [0.25, 0.3) is 0 Å². The Balaban J connectivity index is 0.00000220. The maximum absolute atomic E-state index is 12.7. The summed E-state index contributed by atoms with van der Waals surface area (Å²) in [5.74, 6) is -0.444. The van der Waals surface area contributed by atoms with E-state index in [-0.39, 0.29) is 24.7 Å². The van der Waals surface area contributed by atoms with Crippen molar-refractivity contribution in [1.29, 1.82) is 0 Å². The van der Waals surface area contributed by atoms with Crippen LogP contribution < -0.4 is 10.6 Å². The minimum atomic E-state index is -4.57. The molecule has 2 N–H and O–H groups in total. The Bertz CT molecular complexity index is 506. The highest BCUT2D eigenvalue weighted by Gasteiger charge is 2.33. The fourth-order valence-electron chi connectivity index (χ4n) is 1.78. The van der Waals surface area contributed by atoms with Crippen LogP contribution in [-0.2, 0) is 15.7 Å². The molecule has 1 saturated heterocycles. The average Bonchev–Trinajstić information content (AvgIpc) is 2.40. The van der Waals surface area contributed by atoms with Gasteiger partial charge in [0.2, 0.25) is 5.91 Å². The van der Waals surface area contributed by atoms with Crippen molar-refractivity contribution in [3.05, 3.63) is 28.8 Å². The molecule has 1 aromatic rings. The number of nitrogens with one attached hydrogen (secondary N) is 2. The molecular weight excluding hydrogens is 332 g/mol. The van der Waals surface area contributed by atoms with Gasteiger partial charge in [-0.15, -0.1) is 12.4 Å². The Kier molecular flexibility index (Phi) is 6.27. The van der Waals surface area contributed by atoms with E-state index in [4.69, 9.17) is 16.3 Å². The van der Waals surface area contributed by atoms with E-state index >= 15 is 0 Å². The zero-order chi connectivity index (χ0) is 14.8. The normalized spacial score (nSPS) is 18.8. The second kappa shape index (κ2) is 7.31. The standard InChI is InChI=1S/C12H12ClF3N2O2.ClH/c13-9-2-1-7(5-8(9)12(14,15)16)18-11(19)10-6-20-4-3-17-10;/h1-2,5,10,17H,3-4,6H2,(H,18,19);1H. The van der Waals surface area contributed by atoms with Gasteiger partial charge in [-0.1, -0.05) is 11.6 Å². The summed E-state index contributed by atoms with van der Waals surface area (Å²) in [7, 11) is 0. The second-order valence-corrected chi connectivity index (χ2v) is 4.67. The first-order valence-corrected chi connectivity index (χ1v) is 6.24. The van der Waals surface area contributed by atoms with Crippen LogP contribution in [0, 0.1) is 0 Å². The zero-order valence-electron chi connectivity index (χ0n) is 10.7. The molecule has 0 bridgehead atoms. The van der Waals surface area contributed by atoms with Gasteiger partial charge in [0.15, 0.2) is 0 Å². The number of carbonyl (C=O) groups is 1. The fourth-order valence-corrected chi connectivity index (χ4v) is 2.01. The smallest absolute Gasteiger partial charge is 0.378 e. The Labute approximate surface area is 130 Å². The molecule has 9 heteroatoms. The van der Waals surface area contributed by atoms with Crippen LogP contribution >= 0.6 is 24.0 Å². The number of alkyl halides is 3. The predicted molar refractivity (Wildman–Crippen MR) is 74.9 cm³/mol. The van der Waals surface area contributed by atoms with Gasteiger partial charge in [-0.05, 0) is 18.2 Å². The van der Waals surface area contributed by atoms with Gasteiger partial charge in [-0.2, -0.15) is 13.2 Å². The molecule has 0 spiro atoms. The van der Waals surface area contributed by atoms with Gasteiger partial charge in [-0.3, -0.25) is 4.79 Å². The summed E-state index contributed by atoms with van der Waals surface area (Å²) >= 11 is 5.50. The van der Waals surface area contributed by atoms with Crippen molar-refractivity contribution in [2.75, 3.05) is 25.1 Å². The lowest BCUT2D eigenvalue weighted by Crippen LogP contribution is -2.48. The third-order valence-electron chi connectivity index (χ3n) is 2.78. The van der Waals surface area contributed by atoms with Crippen LogP contribution in [0.1, 0.15) is 5.56 Å². The van der Waals surface area contributed by atoms with Gasteiger partial charge >= 0.3 is 6.18 Å². The van der Waals surface area contributed by atoms with Crippen molar-refractivity contribution < 1.29 is 22.7 Å². The third kappa shape index (κ3) is 4.74. The lowest BCUT2D eigenvalue weighted by Gasteiger charge is -2.23. The second-order valence-electron chi connectivity index (χ2n) is 4.26. The van der Waals surface area contributed by atoms with Gasteiger partial charge in [0.05, 0.1) is 23.8 Å². The van der Waals surface area contributed by atoms with Crippen LogP contribution in [-0.4, -0.2) is 31.7 Å². The van der Waals surface area contributed by atoms with E-state index < -0.39 is 28.7 Å². The Morgan fingerprint density at radius 3 is 2.71 bits per heavy atom. The first-order chi connectivity index (χ1) is 9.38. The molecule has 0 radical (unpaired) electrons. The van der Waals surface area contributed by atoms with Crippen LogP contribution in [0.4, 0.5) is 18.9 Å². The van der Waals surface area contributed by atoms with Gasteiger partial charge in [0.1, 0.15) is 6.04 Å². The van der Waals surface area contributed by atoms with Crippen LogP contribution in [0.3, 0.4) is 0 Å². The molecule has 1 amide bonds. The monoisotopic (exact) mass is 344 g/mol. The molecule has 1 aliphatic heterocycles. The molecule has 1 aliphatic rings. The van der Waals surface area contributed by atoms with Gasteiger partial charge in [0.25, 0.3) is 0 Å². The summed E-state index contributed by atoms with van der Waals surface area (Å²) < 4.78 is 43.2. The molecule has 1 atom stereocenters. The zero-order valence-corrected chi connectivity index (χ0v) is 12.2. The Morgan fingerprint density at radius 1 is 1.43 bits per heavy atom. The van der Waals surface area contributed by atoms with E-state index in [1.54, 1.807) is 0 Å². The maximum Gasteiger partial charge on any atom is 0.417 e. The van der Waals surface area contributed by atoms with E-state index in [2.05, 4.69) is 10.6 Å². The number of benzene rings is 1. The number of amides is 1. The van der Waals surface area contributed by atoms with Crippen molar-refractivity contribution in [1.82, 2.24) is 5.32 Å². The molecule has 0 saturated carbocycles. The number of halogens is 5. The first-order valence-electron chi connectivity index (χ1n) is 5.86. The SMILES string of the molecule is Cl.O=C(Nc1ccc(Cl)c(C(F)(F)F)c1)C1COCCN1. The van der Waals surface area contributed by atoms with Gasteiger partial charge < -0.3 is 15.4 Å². The van der Waals surface area contributed by atoms with Crippen LogP contribution in [0.2, 0.25) is 5.02 Å². The molecule has 1 aromatic carbocycles. The summed E-state index contributed by atoms with van der Waals surface area (Å²) in [6.07, 6.45) is -4.57. The minimum absolute atomic E-state index is 0. The first kappa shape index (κ1) is 18.0. The van der Waals surface area contributed by atoms with E-state index in [0.717, 1.165) is 12.1 Å². The fraction of sp³-hybridized carbons (Fsp3) is 0.417. The topological polar surface area (TPSA) is 50.4 Å².